The molecular weight excluding hydrogens is 362 g/mol. The Hall–Kier alpha value is -3.71. The van der Waals surface area contributed by atoms with Crippen LogP contribution in [0, 0.1) is 12.3 Å². The number of nitrogens with one attached hydrogen (secondary N) is 1. The number of hydrogen-bond acceptors (Lipinski definition) is 8. The molecule has 3 N–H and O–H groups in total. The Bertz CT molecular complexity index is 1090. The van der Waals surface area contributed by atoms with Gasteiger partial charge in [-0.05, 0) is 28.6 Å². The van der Waals surface area contributed by atoms with Crippen molar-refractivity contribution >= 4 is 40.5 Å². The second-order valence-electron chi connectivity index (χ2n) is 4.94. The molecular formula is C15H10ClN7O3. The molecule has 130 valence electrons. The predicted octanol–water partition coefficient (Wildman–Crippen LogP) is 0.775. The SMILES string of the molecule is C#Cc1cc(NC(=O)c2cc(N)c3nnnn3n2)c(C(=O)OC)cc1Cl. The number of hydrogen-bond donors (Lipinski definition) is 2. The molecule has 2 heterocycles. The number of tetrazole rings is 1. The Kier molecular flexibility index (Phi) is 4.38. The molecule has 0 atom stereocenters. The third kappa shape index (κ3) is 2.99. The minimum Gasteiger partial charge on any atom is -0.465 e. The fourth-order valence-corrected chi connectivity index (χ4v) is 2.35. The van der Waals surface area contributed by atoms with Crippen LogP contribution in [0.4, 0.5) is 11.4 Å². The van der Waals surface area contributed by atoms with E-state index in [1.54, 1.807) is 0 Å². The van der Waals surface area contributed by atoms with Crippen LogP contribution in [-0.2, 0) is 4.74 Å². The normalized spacial score (nSPS) is 10.3. The van der Waals surface area contributed by atoms with Crippen molar-refractivity contribution in [1.29, 1.82) is 0 Å². The third-order valence-electron chi connectivity index (χ3n) is 3.36. The molecule has 11 heteroatoms. The average Bonchev–Trinajstić information content (AvgIpc) is 3.11. The number of nitrogens with two attached hydrogens (primary N) is 1. The lowest BCUT2D eigenvalue weighted by molar-refractivity contribution is 0.0602. The van der Waals surface area contributed by atoms with E-state index in [-0.39, 0.29) is 38.9 Å². The van der Waals surface area contributed by atoms with Crippen molar-refractivity contribution in [2.75, 3.05) is 18.2 Å². The number of nitrogen functional groups attached to an aromatic ring is 1. The van der Waals surface area contributed by atoms with Crippen LogP contribution in [0.2, 0.25) is 5.02 Å². The summed E-state index contributed by atoms with van der Waals surface area (Å²) in [6.45, 7) is 0. The number of methoxy groups -OCH3 is 1. The molecule has 3 aromatic rings. The van der Waals surface area contributed by atoms with Gasteiger partial charge in [0.2, 0.25) is 5.65 Å². The lowest BCUT2D eigenvalue weighted by atomic mass is 10.1. The Morgan fingerprint density at radius 1 is 1.38 bits per heavy atom. The Morgan fingerprint density at radius 2 is 2.15 bits per heavy atom. The number of aromatic nitrogens is 5. The largest absolute Gasteiger partial charge is 0.465 e. The van der Waals surface area contributed by atoms with Gasteiger partial charge in [-0.15, -0.1) is 21.3 Å². The summed E-state index contributed by atoms with van der Waals surface area (Å²) in [6.07, 6.45) is 5.37. The highest BCUT2D eigenvalue weighted by Crippen LogP contribution is 2.26. The van der Waals surface area contributed by atoms with Crippen LogP contribution in [-0.4, -0.2) is 44.2 Å². The smallest absolute Gasteiger partial charge is 0.340 e. The number of anilines is 2. The molecule has 0 saturated heterocycles. The first-order valence-corrected chi connectivity index (χ1v) is 7.37. The second-order valence-corrected chi connectivity index (χ2v) is 5.35. The molecule has 0 fully saturated rings. The molecule has 1 amide bonds. The summed E-state index contributed by atoms with van der Waals surface area (Å²) in [5.41, 5.74) is 6.51. The Balaban J connectivity index is 2.02. The number of carbonyl (C=O) groups is 2. The molecule has 0 aliphatic heterocycles. The van der Waals surface area contributed by atoms with Gasteiger partial charge in [0.25, 0.3) is 5.91 Å². The average molecular weight is 372 g/mol. The van der Waals surface area contributed by atoms with E-state index in [0.29, 0.717) is 0 Å². The van der Waals surface area contributed by atoms with Gasteiger partial charge in [0.05, 0.1) is 29.1 Å². The highest BCUT2D eigenvalue weighted by Gasteiger charge is 2.19. The number of esters is 1. The number of terminal acetylenes is 1. The van der Waals surface area contributed by atoms with Gasteiger partial charge in [-0.3, -0.25) is 4.79 Å². The van der Waals surface area contributed by atoms with E-state index in [1.165, 1.54) is 25.3 Å². The maximum atomic E-state index is 12.5. The quantitative estimate of drug-likeness (QED) is 0.508. The van der Waals surface area contributed by atoms with E-state index in [2.05, 4.69) is 31.9 Å². The first-order chi connectivity index (χ1) is 12.4. The highest BCUT2D eigenvalue weighted by molar-refractivity contribution is 6.32. The number of nitrogens with zero attached hydrogens (tertiary/aromatic N) is 5. The first kappa shape index (κ1) is 17.1. The lowest BCUT2D eigenvalue weighted by Gasteiger charge is -2.11. The molecule has 1 aromatic carbocycles. The van der Waals surface area contributed by atoms with Crippen molar-refractivity contribution in [1.82, 2.24) is 25.3 Å². The number of benzene rings is 1. The fourth-order valence-electron chi connectivity index (χ4n) is 2.13. The first-order valence-electron chi connectivity index (χ1n) is 6.99. The molecule has 10 nitrogen and oxygen atoms in total. The van der Waals surface area contributed by atoms with Gasteiger partial charge in [0, 0.05) is 5.56 Å². The van der Waals surface area contributed by atoms with Crippen molar-refractivity contribution in [3.05, 3.63) is 40.0 Å². The van der Waals surface area contributed by atoms with Crippen LogP contribution in [0.5, 0.6) is 0 Å². The molecule has 0 radical (unpaired) electrons. The van der Waals surface area contributed by atoms with Gasteiger partial charge in [-0.2, -0.15) is 0 Å². The van der Waals surface area contributed by atoms with E-state index < -0.39 is 11.9 Å². The van der Waals surface area contributed by atoms with Gasteiger partial charge < -0.3 is 15.8 Å². The Labute approximate surface area is 151 Å². The number of halogens is 1. The van der Waals surface area contributed by atoms with Gasteiger partial charge in [0.1, 0.15) is 0 Å². The van der Waals surface area contributed by atoms with Crippen LogP contribution in [0.15, 0.2) is 18.2 Å². The number of carbonyl (C=O) groups excluding carboxylic acids is 2. The molecule has 2 aromatic heterocycles. The van der Waals surface area contributed by atoms with Crippen molar-refractivity contribution in [3.63, 3.8) is 0 Å². The summed E-state index contributed by atoms with van der Waals surface area (Å²) in [4.78, 5) is 24.5. The van der Waals surface area contributed by atoms with Crippen molar-refractivity contribution in [2.24, 2.45) is 0 Å². The van der Waals surface area contributed by atoms with E-state index in [0.717, 1.165) is 4.63 Å². The molecule has 26 heavy (non-hydrogen) atoms. The third-order valence-corrected chi connectivity index (χ3v) is 3.67. The minimum atomic E-state index is -0.700. The number of amides is 1. The van der Waals surface area contributed by atoms with E-state index in [4.69, 9.17) is 28.5 Å². The number of rotatable bonds is 3. The van der Waals surface area contributed by atoms with Gasteiger partial charge in [0.15, 0.2) is 5.69 Å². The molecule has 0 bridgehead atoms. The van der Waals surface area contributed by atoms with E-state index >= 15 is 0 Å². The standard InChI is InChI=1S/C15H10ClN7O3/c1-3-7-4-11(8(5-9(7)16)15(25)26-2)18-14(24)12-6-10(17)13-19-21-22-23(13)20-12/h1,4-6H,17H2,2H3,(H,18,24). The van der Waals surface area contributed by atoms with Gasteiger partial charge in [-0.25, -0.2) is 4.79 Å². The van der Waals surface area contributed by atoms with Crippen LogP contribution >= 0.6 is 11.6 Å². The molecule has 0 aliphatic rings. The summed E-state index contributed by atoms with van der Waals surface area (Å²) in [6, 6.07) is 3.99. The molecule has 0 unspecified atom stereocenters. The van der Waals surface area contributed by atoms with Gasteiger partial charge >= 0.3 is 5.97 Å². The van der Waals surface area contributed by atoms with Crippen molar-refractivity contribution in [3.8, 4) is 12.3 Å². The molecule has 0 saturated carbocycles. The summed E-state index contributed by atoms with van der Waals surface area (Å²) in [7, 11) is 1.20. The molecule has 3 rings (SSSR count). The lowest BCUT2D eigenvalue weighted by Crippen LogP contribution is -2.19. The maximum Gasteiger partial charge on any atom is 0.340 e. The van der Waals surface area contributed by atoms with Crippen LogP contribution in [0.25, 0.3) is 5.65 Å². The summed E-state index contributed by atoms with van der Waals surface area (Å²) >= 11 is 6.01. The van der Waals surface area contributed by atoms with Crippen molar-refractivity contribution in [2.45, 2.75) is 0 Å². The maximum absolute atomic E-state index is 12.5. The monoisotopic (exact) mass is 371 g/mol. The topological polar surface area (TPSA) is 137 Å². The summed E-state index contributed by atoms with van der Waals surface area (Å²) in [5, 5.41) is 17.3. The van der Waals surface area contributed by atoms with Crippen LogP contribution in [0.1, 0.15) is 26.4 Å². The Morgan fingerprint density at radius 3 is 2.85 bits per heavy atom. The van der Waals surface area contributed by atoms with Gasteiger partial charge in [-0.1, -0.05) is 17.5 Å². The van der Waals surface area contributed by atoms with E-state index in [9.17, 15) is 9.59 Å². The van der Waals surface area contributed by atoms with Crippen molar-refractivity contribution < 1.29 is 14.3 Å². The number of fused-ring (bicyclic) bond motifs is 1. The fraction of sp³-hybridized carbons (Fsp3) is 0.0667. The highest BCUT2D eigenvalue weighted by atomic mass is 35.5. The summed E-state index contributed by atoms with van der Waals surface area (Å²) in [5.74, 6) is 0.999. The predicted molar refractivity (Wildman–Crippen MR) is 91.7 cm³/mol. The zero-order valence-corrected chi connectivity index (χ0v) is 14.0. The summed E-state index contributed by atoms with van der Waals surface area (Å²) < 4.78 is 5.71. The second kappa shape index (κ2) is 6.66. The molecule has 0 aliphatic carbocycles. The van der Waals surface area contributed by atoms with Crippen LogP contribution in [0.3, 0.4) is 0 Å². The zero-order valence-electron chi connectivity index (χ0n) is 13.2. The number of ether oxygens (including phenoxy) is 1. The van der Waals surface area contributed by atoms with E-state index in [1.807, 2.05) is 0 Å². The molecule has 0 spiro atoms. The zero-order chi connectivity index (χ0) is 18.8. The van der Waals surface area contributed by atoms with Crippen LogP contribution < -0.4 is 11.1 Å². The minimum absolute atomic E-state index is 0.0290.